The monoisotopic (exact) mass is 891 g/mol. The Balaban J connectivity index is 4.28. The van der Waals surface area contributed by atoms with E-state index in [2.05, 4.69) is 34.6 Å². The number of ether oxygens (including phenoxy) is 3. The molecule has 0 fully saturated rings. The third-order valence-corrected chi connectivity index (χ3v) is 13.3. The number of carbonyl (C=O) groups excluding carboxylic acids is 3. The minimum absolute atomic E-state index is 0.0632. The van der Waals surface area contributed by atoms with Crippen LogP contribution >= 0.6 is 0 Å². The van der Waals surface area contributed by atoms with Crippen LogP contribution in [0.4, 0.5) is 0 Å². The summed E-state index contributed by atoms with van der Waals surface area (Å²) < 4.78 is 16.9. The summed E-state index contributed by atoms with van der Waals surface area (Å²) >= 11 is 0. The molecule has 0 rings (SSSR count). The van der Waals surface area contributed by atoms with Crippen LogP contribution in [0.3, 0.4) is 0 Å². The van der Waals surface area contributed by atoms with E-state index in [1.807, 2.05) is 0 Å². The minimum atomic E-state index is -0.762. The van der Waals surface area contributed by atoms with Crippen molar-refractivity contribution in [2.24, 2.45) is 11.8 Å². The standard InChI is InChI=1S/C57H110O6/c1-6-8-9-10-11-12-13-14-15-16-20-23-26-32-37-42-47-55(58)61-50-54(51-62-56(59)48-43-38-33-29-28-30-35-40-45-52(3)4)63-57(60)49-44-39-34-27-24-21-18-17-19-22-25-31-36-41-46-53(5)7-2/h52-54H,6-51H2,1-5H3/t53?,54-/m1/s1. The van der Waals surface area contributed by atoms with E-state index in [1.54, 1.807) is 0 Å². The lowest BCUT2D eigenvalue weighted by Crippen LogP contribution is -2.30. The van der Waals surface area contributed by atoms with E-state index >= 15 is 0 Å². The molecule has 0 aliphatic heterocycles. The molecular formula is C57H110O6. The Morgan fingerprint density at radius 3 is 0.905 bits per heavy atom. The Kier molecular flexibility index (Phi) is 48.6. The van der Waals surface area contributed by atoms with Crippen LogP contribution in [0.25, 0.3) is 0 Å². The summed E-state index contributed by atoms with van der Waals surface area (Å²) in [5.74, 6) is 0.847. The number of hydrogen-bond acceptors (Lipinski definition) is 6. The van der Waals surface area contributed by atoms with E-state index in [0.717, 1.165) is 69.6 Å². The van der Waals surface area contributed by atoms with Gasteiger partial charge in [0.05, 0.1) is 0 Å². The molecule has 0 N–H and O–H groups in total. The van der Waals surface area contributed by atoms with Gasteiger partial charge in [0, 0.05) is 19.3 Å². The van der Waals surface area contributed by atoms with Crippen LogP contribution in [-0.4, -0.2) is 37.2 Å². The number of unbranched alkanes of at least 4 members (excludes halogenated alkanes) is 35. The largest absolute Gasteiger partial charge is 0.462 e. The molecule has 0 aromatic carbocycles. The molecule has 63 heavy (non-hydrogen) atoms. The summed E-state index contributed by atoms with van der Waals surface area (Å²) in [7, 11) is 0. The van der Waals surface area contributed by atoms with E-state index in [4.69, 9.17) is 14.2 Å². The lowest BCUT2D eigenvalue weighted by molar-refractivity contribution is -0.167. The molecular weight excluding hydrogens is 781 g/mol. The van der Waals surface area contributed by atoms with Crippen molar-refractivity contribution in [3.05, 3.63) is 0 Å². The van der Waals surface area contributed by atoms with Crippen LogP contribution in [0.2, 0.25) is 0 Å². The van der Waals surface area contributed by atoms with Crippen molar-refractivity contribution in [2.45, 2.75) is 323 Å². The maximum Gasteiger partial charge on any atom is 0.306 e. The second-order valence-electron chi connectivity index (χ2n) is 20.3. The van der Waals surface area contributed by atoms with Crippen molar-refractivity contribution in [2.75, 3.05) is 13.2 Å². The zero-order valence-corrected chi connectivity index (χ0v) is 43.2. The third kappa shape index (κ3) is 49.7. The van der Waals surface area contributed by atoms with E-state index < -0.39 is 6.10 Å². The van der Waals surface area contributed by atoms with Gasteiger partial charge in [-0.2, -0.15) is 0 Å². The Labute approximate surface area is 393 Å². The van der Waals surface area contributed by atoms with Crippen LogP contribution in [0.15, 0.2) is 0 Å². The molecule has 6 heteroatoms. The average molecular weight is 892 g/mol. The van der Waals surface area contributed by atoms with Crippen LogP contribution < -0.4 is 0 Å². The highest BCUT2D eigenvalue weighted by molar-refractivity contribution is 5.71. The van der Waals surface area contributed by atoms with Crippen molar-refractivity contribution in [1.82, 2.24) is 0 Å². The lowest BCUT2D eigenvalue weighted by Gasteiger charge is -2.18. The SMILES string of the molecule is CCCCCCCCCCCCCCCCCCC(=O)OC[C@H](COC(=O)CCCCCCCCCCC(C)C)OC(=O)CCCCCCCCCCCCCCCCC(C)CC. The minimum Gasteiger partial charge on any atom is -0.462 e. The number of esters is 3. The Morgan fingerprint density at radius 2 is 0.603 bits per heavy atom. The average Bonchev–Trinajstić information content (AvgIpc) is 3.27. The number of carbonyl (C=O) groups is 3. The Morgan fingerprint density at radius 1 is 0.333 bits per heavy atom. The van der Waals surface area contributed by atoms with Gasteiger partial charge < -0.3 is 14.2 Å². The summed E-state index contributed by atoms with van der Waals surface area (Å²) in [6.45, 7) is 11.4. The molecule has 6 nitrogen and oxygen atoms in total. The van der Waals surface area contributed by atoms with Crippen molar-refractivity contribution < 1.29 is 28.6 Å². The number of hydrogen-bond donors (Lipinski definition) is 0. The quantitative estimate of drug-likeness (QED) is 0.0344. The molecule has 0 aliphatic carbocycles. The molecule has 0 aromatic rings. The van der Waals surface area contributed by atoms with Gasteiger partial charge >= 0.3 is 17.9 Å². The predicted molar refractivity (Wildman–Crippen MR) is 270 cm³/mol. The lowest BCUT2D eigenvalue weighted by atomic mass is 9.99. The first-order chi connectivity index (χ1) is 30.8. The molecule has 0 amide bonds. The van der Waals surface area contributed by atoms with Gasteiger partial charge in [0.1, 0.15) is 13.2 Å². The van der Waals surface area contributed by atoms with Gasteiger partial charge in [-0.15, -0.1) is 0 Å². The molecule has 2 atom stereocenters. The van der Waals surface area contributed by atoms with Gasteiger partial charge in [-0.1, -0.05) is 279 Å². The maximum absolute atomic E-state index is 12.8. The van der Waals surface area contributed by atoms with Crippen LogP contribution in [0.5, 0.6) is 0 Å². The van der Waals surface area contributed by atoms with Crippen LogP contribution in [-0.2, 0) is 28.6 Å². The molecule has 0 radical (unpaired) electrons. The fraction of sp³-hybridized carbons (Fsp3) is 0.947. The van der Waals surface area contributed by atoms with E-state index in [0.29, 0.717) is 19.3 Å². The summed E-state index contributed by atoms with van der Waals surface area (Å²) in [5, 5.41) is 0. The van der Waals surface area contributed by atoms with E-state index in [-0.39, 0.29) is 31.1 Å². The summed E-state index contributed by atoms with van der Waals surface area (Å²) in [5.41, 5.74) is 0. The molecule has 0 spiro atoms. The second-order valence-corrected chi connectivity index (χ2v) is 20.3. The van der Waals surface area contributed by atoms with Gasteiger partial charge in [0.25, 0.3) is 0 Å². The molecule has 0 saturated heterocycles. The fourth-order valence-electron chi connectivity index (χ4n) is 8.66. The third-order valence-electron chi connectivity index (χ3n) is 13.3. The fourth-order valence-corrected chi connectivity index (χ4v) is 8.66. The van der Waals surface area contributed by atoms with Crippen molar-refractivity contribution in [3.63, 3.8) is 0 Å². The summed E-state index contributed by atoms with van der Waals surface area (Å²) in [6, 6.07) is 0. The zero-order valence-electron chi connectivity index (χ0n) is 43.2. The molecule has 0 aliphatic rings. The topological polar surface area (TPSA) is 78.9 Å². The highest BCUT2D eigenvalue weighted by atomic mass is 16.6. The summed E-state index contributed by atoms with van der Waals surface area (Å²) in [4.78, 5) is 38.1. The normalized spacial score (nSPS) is 12.5. The highest BCUT2D eigenvalue weighted by Gasteiger charge is 2.19. The first-order valence-electron chi connectivity index (χ1n) is 28.3. The first-order valence-corrected chi connectivity index (χ1v) is 28.3. The second kappa shape index (κ2) is 49.8. The Hall–Kier alpha value is -1.59. The van der Waals surface area contributed by atoms with Gasteiger partial charge in [0.15, 0.2) is 6.10 Å². The van der Waals surface area contributed by atoms with Crippen LogP contribution in [0.1, 0.15) is 317 Å². The smallest absolute Gasteiger partial charge is 0.306 e. The molecule has 0 aromatic heterocycles. The summed E-state index contributed by atoms with van der Waals surface area (Å²) in [6.07, 6.45) is 52.3. The van der Waals surface area contributed by atoms with Gasteiger partial charge in [0.2, 0.25) is 0 Å². The van der Waals surface area contributed by atoms with Gasteiger partial charge in [-0.05, 0) is 31.1 Å². The maximum atomic E-state index is 12.8. The molecule has 0 heterocycles. The van der Waals surface area contributed by atoms with Crippen molar-refractivity contribution >= 4 is 17.9 Å². The van der Waals surface area contributed by atoms with E-state index in [1.165, 1.54) is 205 Å². The highest BCUT2D eigenvalue weighted by Crippen LogP contribution is 2.18. The van der Waals surface area contributed by atoms with Crippen LogP contribution in [0, 0.1) is 11.8 Å². The van der Waals surface area contributed by atoms with Gasteiger partial charge in [-0.3, -0.25) is 14.4 Å². The van der Waals surface area contributed by atoms with Crippen molar-refractivity contribution in [1.29, 1.82) is 0 Å². The van der Waals surface area contributed by atoms with E-state index in [9.17, 15) is 14.4 Å². The zero-order chi connectivity index (χ0) is 46.1. The molecule has 374 valence electrons. The Bertz CT molecular complexity index is 964. The molecule has 1 unspecified atom stereocenters. The molecule has 0 saturated carbocycles. The first kappa shape index (κ1) is 61.4. The molecule has 0 bridgehead atoms. The van der Waals surface area contributed by atoms with Gasteiger partial charge in [-0.25, -0.2) is 0 Å². The predicted octanol–water partition coefficient (Wildman–Crippen LogP) is 18.5. The number of rotatable bonds is 51. The van der Waals surface area contributed by atoms with Crippen molar-refractivity contribution in [3.8, 4) is 0 Å².